The second-order valence-corrected chi connectivity index (χ2v) is 6.59. The van der Waals surface area contributed by atoms with Crippen LogP contribution in [-0.4, -0.2) is 56.2 Å². The number of aryl methyl sites for hydroxylation is 1. The number of H-pyrrole nitrogens is 2. The van der Waals surface area contributed by atoms with Crippen molar-refractivity contribution in [1.82, 2.24) is 30.0 Å². The van der Waals surface area contributed by atoms with Crippen molar-refractivity contribution >= 4 is 5.91 Å². The average Bonchev–Trinajstić information content (AvgIpc) is 3.07. The number of amides is 1. The monoisotopic (exact) mass is 360 g/mol. The number of aromatic nitrogens is 4. The fraction of sp³-hybridized carbons (Fsp3) is 0.529. The number of hydrogen-bond acceptors (Lipinski definition) is 5. The molecule has 0 aliphatic carbocycles. The van der Waals surface area contributed by atoms with Crippen molar-refractivity contribution in [3.8, 4) is 0 Å². The zero-order valence-corrected chi connectivity index (χ0v) is 14.8. The van der Waals surface area contributed by atoms with Crippen LogP contribution in [0.4, 0.5) is 0 Å². The number of aromatic amines is 2. The smallest absolute Gasteiger partial charge is 0.323 e. The number of piperidine rings is 1. The summed E-state index contributed by atoms with van der Waals surface area (Å²) < 4.78 is 1.49. The first-order valence-electron chi connectivity index (χ1n) is 8.87. The van der Waals surface area contributed by atoms with E-state index in [0.717, 1.165) is 31.5 Å². The van der Waals surface area contributed by atoms with Gasteiger partial charge in [-0.3, -0.25) is 14.5 Å². The molecule has 1 atom stereocenters. The standard InChI is InChI=1S/C17H24N6O3/c1-12-5-6-15(24)23(21-12)9-8-22-7-3-2-4-13(22)10-18-16(25)14-11-19-17(26)20-14/h5-6,11,13H,2-4,7-10H2,1H3,(H,18,25)(H2,19,20,26). The molecule has 0 spiro atoms. The zero-order valence-electron chi connectivity index (χ0n) is 14.8. The lowest BCUT2D eigenvalue weighted by atomic mass is 10.0. The highest BCUT2D eigenvalue weighted by Gasteiger charge is 2.23. The lowest BCUT2D eigenvalue weighted by Crippen LogP contribution is -2.48. The third-order valence-corrected chi connectivity index (χ3v) is 4.69. The minimum Gasteiger partial charge on any atom is -0.349 e. The van der Waals surface area contributed by atoms with E-state index in [2.05, 4.69) is 25.3 Å². The van der Waals surface area contributed by atoms with E-state index in [4.69, 9.17) is 0 Å². The normalized spacial score (nSPS) is 18.0. The van der Waals surface area contributed by atoms with E-state index in [9.17, 15) is 14.4 Å². The minimum absolute atomic E-state index is 0.103. The molecule has 140 valence electrons. The first-order chi connectivity index (χ1) is 12.5. The molecular formula is C17H24N6O3. The van der Waals surface area contributed by atoms with Crippen molar-refractivity contribution in [1.29, 1.82) is 0 Å². The minimum atomic E-state index is -0.398. The van der Waals surface area contributed by atoms with Crippen molar-refractivity contribution in [2.45, 2.75) is 38.8 Å². The molecule has 1 aliphatic rings. The van der Waals surface area contributed by atoms with Gasteiger partial charge >= 0.3 is 5.69 Å². The molecule has 26 heavy (non-hydrogen) atoms. The molecule has 0 radical (unpaired) electrons. The molecule has 1 unspecified atom stereocenters. The molecule has 0 saturated carbocycles. The Hall–Kier alpha value is -2.68. The van der Waals surface area contributed by atoms with Crippen LogP contribution in [0.25, 0.3) is 0 Å². The van der Waals surface area contributed by atoms with Gasteiger partial charge in [-0.15, -0.1) is 0 Å². The molecule has 1 fully saturated rings. The van der Waals surface area contributed by atoms with Crippen LogP contribution in [0.2, 0.25) is 0 Å². The van der Waals surface area contributed by atoms with Crippen LogP contribution in [0.15, 0.2) is 27.9 Å². The highest BCUT2D eigenvalue weighted by atomic mass is 16.2. The molecule has 0 aromatic carbocycles. The Bertz CT molecular complexity index is 868. The lowest BCUT2D eigenvalue weighted by molar-refractivity contribution is 0.0904. The van der Waals surface area contributed by atoms with Gasteiger partial charge in [-0.2, -0.15) is 5.10 Å². The van der Waals surface area contributed by atoms with Gasteiger partial charge < -0.3 is 15.3 Å². The highest BCUT2D eigenvalue weighted by Crippen LogP contribution is 2.16. The number of carbonyl (C=O) groups is 1. The maximum Gasteiger partial charge on any atom is 0.323 e. The quantitative estimate of drug-likeness (QED) is 0.663. The van der Waals surface area contributed by atoms with Crippen LogP contribution in [0, 0.1) is 6.92 Å². The first kappa shape index (κ1) is 18.1. The summed E-state index contributed by atoms with van der Waals surface area (Å²) in [5.41, 5.74) is 0.542. The summed E-state index contributed by atoms with van der Waals surface area (Å²) in [5.74, 6) is -0.301. The van der Waals surface area contributed by atoms with Crippen molar-refractivity contribution in [3.05, 3.63) is 50.6 Å². The van der Waals surface area contributed by atoms with Crippen LogP contribution in [0.3, 0.4) is 0 Å². The molecule has 1 saturated heterocycles. The van der Waals surface area contributed by atoms with Gasteiger partial charge in [0.1, 0.15) is 5.69 Å². The van der Waals surface area contributed by atoms with Gasteiger partial charge in [0, 0.05) is 31.4 Å². The molecular weight excluding hydrogens is 336 g/mol. The Labute approximate surface area is 150 Å². The largest absolute Gasteiger partial charge is 0.349 e. The van der Waals surface area contributed by atoms with Gasteiger partial charge in [-0.05, 0) is 32.4 Å². The molecule has 2 aromatic rings. The number of imidazole rings is 1. The van der Waals surface area contributed by atoms with Gasteiger partial charge in [-0.1, -0.05) is 6.42 Å². The lowest BCUT2D eigenvalue weighted by Gasteiger charge is -2.35. The summed E-state index contributed by atoms with van der Waals surface area (Å²) in [6.07, 6.45) is 4.57. The Morgan fingerprint density at radius 2 is 2.15 bits per heavy atom. The van der Waals surface area contributed by atoms with Crippen LogP contribution in [0.1, 0.15) is 35.4 Å². The Morgan fingerprint density at radius 3 is 2.92 bits per heavy atom. The van der Waals surface area contributed by atoms with Gasteiger partial charge in [0.25, 0.3) is 11.5 Å². The maximum atomic E-state index is 12.1. The molecule has 1 amide bonds. The highest BCUT2D eigenvalue weighted by molar-refractivity contribution is 5.91. The molecule has 3 N–H and O–H groups in total. The van der Waals surface area contributed by atoms with Crippen molar-refractivity contribution in [2.75, 3.05) is 19.6 Å². The number of hydrogen-bond donors (Lipinski definition) is 3. The fourth-order valence-electron chi connectivity index (χ4n) is 3.28. The Balaban J connectivity index is 1.57. The van der Waals surface area contributed by atoms with E-state index in [0.29, 0.717) is 19.6 Å². The van der Waals surface area contributed by atoms with Gasteiger partial charge in [-0.25, -0.2) is 9.48 Å². The second-order valence-electron chi connectivity index (χ2n) is 6.59. The summed E-state index contributed by atoms with van der Waals surface area (Å²) in [4.78, 5) is 42.2. The van der Waals surface area contributed by atoms with Crippen LogP contribution in [-0.2, 0) is 6.54 Å². The van der Waals surface area contributed by atoms with Gasteiger partial charge in [0.05, 0.1) is 12.2 Å². The SMILES string of the molecule is Cc1ccc(=O)n(CCN2CCCCC2CNC(=O)c2c[nH]c(=O)[nH]2)n1. The van der Waals surface area contributed by atoms with Crippen LogP contribution < -0.4 is 16.6 Å². The van der Waals surface area contributed by atoms with Gasteiger partial charge in [0.15, 0.2) is 0 Å². The summed E-state index contributed by atoms with van der Waals surface area (Å²) in [6, 6.07) is 3.45. The first-order valence-corrected chi connectivity index (χ1v) is 8.87. The Morgan fingerprint density at radius 1 is 1.31 bits per heavy atom. The molecule has 3 rings (SSSR count). The average molecular weight is 360 g/mol. The summed E-state index contributed by atoms with van der Waals surface area (Å²) in [5, 5.41) is 7.14. The molecule has 9 nitrogen and oxygen atoms in total. The molecule has 9 heteroatoms. The number of rotatable bonds is 6. The van der Waals surface area contributed by atoms with Crippen molar-refractivity contribution < 1.29 is 4.79 Å². The molecule has 0 bridgehead atoms. The van der Waals surface area contributed by atoms with Crippen molar-refractivity contribution in [2.24, 2.45) is 0 Å². The van der Waals surface area contributed by atoms with E-state index in [1.165, 1.54) is 16.9 Å². The summed E-state index contributed by atoms with van der Waals surface area (Å²) >= 11 is 0. The van der Waals surface area contributed by atoms with E-state index < -0.39 is 5.69 Å². The van der Waals surface area contributed by atoms with Crippen molar-refractivity contribution in [3.63, 3.8) is 0 Å². The fourth-order valence-corrected chi connectivity index (χ4v) is 3.28. The third-order valence-electron chi connectivity index (χ3n) is 4.69. The topological polar surface area (TPSA) is 116 Å². The predicted molar refractivity (Wildman–Crippen MR) is 96.2 cm³/mol. The number of carbonyl (C=O) groups excluding carboxylic acids is 1. The van der Waals surface area contributed by atoms with Crippen LogP contribution in [0.5, 0.6) is 0 Å². The van der Waals surface area contributed by atoms with E-state index in [1.807, 2.05) is 6.92 Å². The third kappa shape index (κ3) is 4.48. The van der Waals surface area contributed by atoms with E-state index >= 15 is 0 Å². The molecule has 2 aromatic heterocycles. The Kier molecular flexibility index (Phi) is 5.67. The number of nitrogens with one attached hydrogen (secondary N) is 3. The second kappa shape index (κ2) is 8.13. The maximum absolute atomic E-state index is 12.1. The summed E-state index contributed by atoms with van der Waals surface area (Å²) in [7, 11) is 0. The zero-order chi connectivity index (χ0) is 18.5. The summed E-state index contributed by atoms with van der Waals surface area (Å²) in [6.45, 7) is 4.53. The number of likely N-dealkylation sites (tertiary alicyclic amines) is 1. The predicted octanol–water partition coefficient (Wildman–Crippen LogP) is -0.147. The van der Waals surface area contributed by atoms with Crippen LogP contribution >= 0.6 is 0 Å². The number of nitrogens with zero attached hydrogens (tertiary/aromatic N) is 3. The van der Waals surface area contributed by atoms with E-state index in [1.54, 1.807) is 6.07 Å². The molecule has 1 aliphatic heterocycles. The van der Waals surface area contributed by atoms with Gasteiger partial charge in [0.2, 0.25) is 0 Å². The molecule has 3 heterocycles. The van der Waals surface area contributed by atoms with E-state index in [-0.39, 0.29) is 23.2 Å².